The lowest BCUT2D eigenvalue weighted by atomic mass is 9.93. The molecule has 0 bridgehead atoms. The van der Waals surface area contributed by atoms with Crippen molar-refractivity contribution >= 4 is 15.5 Å². The fraction of sp³-hybridized carbons (Fsp3) is 0.360. The van der Waals surface area contributed by atoms with Crippen LogP contribution >= 0.6 is 0 Å². The smallest absolute Gasteiger partial charge is 0.419 e. The summed E-state index contributed by atoms with van der Waals surface area (Å²) in [5, 5.41) is 5.48. The van der Waals surface area contributed by atoms with E-state index in [2.05, 4.69) is 15.5 Å². The van der Waals surface area contributed by atoms with Gasteiger partial charge in [-0.05, 0) is 35.9 Å². The summed E-state index contributed by atoms with van der Waals surface area (Å²) >= 11 is 0. The van der Waals surface area contributed by atoms with E-state index in [1.165, 1.54) is 25.3 Å². The number of hydrogen-bond donors (Lipinski definition) is 3. The second kappa shape index (κ2) is 10.3. The number of allylic oxidation sites excluding steroid dienone is 1. The summed E-state index contributed by atoms with van der Waals surface area (Å²) in [6.45, 7) is 2.57. The van der Waals surface area contributed by atoms with Crippen LogP contribution in [0.15, 0.2) is 70.9 Å². The van der Waals surface area contributed by atoms with Gasteiger partial charge in [0.1, 0.15) is 11.4 Å². The molecule has 1 unspecified atom stereocenters. The largest absolute Gasteiger partial charge is 0.496 e. The Morgan fingerprint density at radius 3 is 2.57 bits per heavy atom. The standard InChI is InChI=1S/C25H29F3N4O4S/c1-35-23-13-18(32-8-10-36-11-9-32)6-7-20(23)24(29)14-22(21(16-31-24)25(26,27)28)30-15-17-4-3-5-19(12-17)37(2,33)34/h3-7,12-14,16,30-31H,8-11,15,29H2,1-2H3. The van der Waals surface area contributed by atoms with Gasteiger partial charge < -0.3 is 30.7 Å². The summed E-state index contributed by atoms with van der Waals surface area (Å²) in [5.74, 6) is 0.416. The van der Waals surface area contributed by atoms with Gasteiger partial charge in [0.05, 0.1) is 30.8 Å². The first kappa shape index (κ1) is 26.8. The van der Waals surface area contributed by atoms with Crippen molar-refractivity contribution in [3.63, 3.8) is 0 Å². The maximum atomic E-state index is 13.8. The molecule has 4 N–H and O–H groups in total. The van der Waals surface area contributed by atoms with Crippen molar-refractivity contribution in [1.29, 1.82) is 0 Å². The third-order valence-corrected chi connectivity index (χ3v) is 7.35. The lowest BCUT2D eigenvalue weighted by Crippen LogP contribution is -2.50. The summed E-state index contributed by atoms with van der Waals surface area (Å²) in [4.78, 5) is 2.21. The van der Waals surface area contributed by atoms with Gasteiger partial charge in [-0.1, -0.05) is 12.1 Å². The number of sulfone groups is 1. The van der Waals surface area contributed by atoms with E-state index in [9.17, 15) is 21.6 Å². The Labute approximate surface area is 213 Å². The van der Waals surface area contributed by atoms with Crippen LogP contribution in [0.5, 0.6) is 5.75 Å². The van der Waals surface area contributed by atoms with Crippen LogP contribution in [0.2, 0.25) is 0 Å². The van der Waals surface area contributed by atoms with Crippen LogP contribution in [-0.4, -0.2) is 54.3 Å². The minimum atomic E-state index is -4.66. The first-order valence-corrected chi connectivity index (χ1v) is 13.4. The second-order valence-corrected chi connectivity index (χ2v) is 10.9. The molecule has 1 atom stereocenters. The quantitative estimate of drug-likeness (QED) is 0.494. The molecule has 2 aliphatic heterocycles. The van der Waals surface area contributed by atoms with E-state index >= 15 is 0 Å². The predicted molar refractivity (Wildman–Crippen MR) is 134 cm³/mol. The molecular formula is C25H29F3N4O4S. The number of nitrogens with two attached hydrogens (primary N) is 1. The average molecular weight is 539 g/mol. The SMILES string of the molecule is COc1cc(N2CCOCC2)ccc1C1(N)C=C(NCc2cccc(S(C)(=O)=O)c2)C(C(F)(F)F)=CN1. The number of methoxy groups -OCH3 is 1. The Morgan fingerprint density at radius 1 is 1.19 bits per heavy atom. The Kier molecular flexibility index (Phi) is 7.45. The van der Waals surface area contributed by atoms with Gasteiger partial charge in [0.25, 0.3) is 0 Å². The van der Waals surface area contributed by atoms with Gasteiger partial charge in [-0.25, -0.2) is 8.42 Å². The van der Waals surface area contributed by atoms with Gasteiger partial charge in [0.2, 0.25) is 0 Å². The molecule has 0 saturated carbocycles. The molecule has 12 heteroatoms. The molecule has 2 heterocycles. The number of hydrogen-bond acceptors (Lipinski definition) is 8. The van der Waals surface area contributed by atoms with Crippen LogP contribution in [0.4, 0.5) is 18.9 Å². The minimum Gasteiger partial charge on any atom is -0.496 e. The van der Waals surface area contributed by atoms with Crippen LogP contribution < -0.4 is 26.0 Å². The molecule has 2 aliphatic rings. The number of benzene rings is 2. The van der Waals surface area contributed by atoms with Gasteiger partial charge in [-0.3, -0.25) is 0 Å². The highest BCUT2D eigenvalue weighted by molar-refractivity contribution is 7.90. The van der Waals surface area contributed by atoms with Gasteiger partial charge in [0, 0.05) is 55.1 Å². The summed E-state index contributed by atoms with van der Waals surface area (Å²) in [6, 6.07) is 11.4. The van der Waals surface area contributed by atoms with Crippen LogP contribution in [0.25, 0.3) is 0 Å². The third-order valence-electron chi connectivity index (χ3n) is 6.24. The molecular weight excluding hydrogens is 509 g/mol. The molecule has 200 valence electrons. The molecule has 0 aliphatic carbocycles. The highest BCUT2D eigenvalue weighted by atomic mass is 32.2. The van der Waals surface area contributed by atoms with E-state index < -0.39 is 27.2 Å². The topological polar surface area (TPSA) is 106 Å². The Hall–Kier alpha value is -3.22. The van der Waals surface area contributed by atoms with E-state index in [1.807, 2.05) is 6.07 Å². The minimum absolute atomic E-state index is 0.0498. The summed E-state index contributed by atoms with van der Waals surface area (Å²) in [7, 11) is -1.99. The number of morpholine rings is 1. The molecule has 0 aromatic heterocycles. The van der Waals surface area contributed by atoms with Crippen molar-refractivity contribution < 1.29 is 31.1 Å². The number of alkyl halides is 3. The Morgan fingerprint density at radius 2 is 1.92 bits per heavy atom. The zero-order chi connectivity index (χ0) is 26.8. The number of dihydropyridines is 1. The van der Waals surface area contributed by atoms with E-state index in [-0.39, 0.29) is 17.1 Å². The number of rotatable bonds is 7. The molecule has 2 aromatic rings. The maximum Gasteiger partial charge on any atom is 0.419 e. The molecule has 8 nitrogen and oxygen atoms in total. The van der Waals surface area contributed by atoms with Gasteiger partial charge in [0.15, 0.2) is 9.84 Å². The maximum absolute atomic E-state index is 13.8. The van der Waals surface area contributed by atoms with E-state index in [4.69, 9.17) is 15.2 Å². The van der Waals surface area contributed by atoms with Crippen molar-refractivity contribution in [3.05, 3.63) is 77.1 Å². The van der Waals surface area contributed by atoms with Crippen molar-refractivity contribution in [3.8, 4) is 5.75 Å². The normalized spacial score (nSPS) is 20.5. The van der Waals surface area contributed by atoms with Crippen LogP contribution in [0, 0.1) is 0 Å². The predicted octanol–water partition coefficient (Wildman–Crippen LogP) is 2.77. The van der Waals surface area contributed by atoms with Gasteiger partial charge in [-0.2, -0.15) is 13.2 Å². The van der Waals surface area contributed by atoms with Crippen LogP contribution in [0.1, 0.15) is 11.1 Å². The molecule has 1 fully saturated rings. The summed E-state index contributed by atoms with van der Waals surface area (Å²) in [5.41, 5.74) is 5.75. The Bertz CT molecular complexity index is 1320. The lowest BCUT2D eigenvalue weighted by molar-refractivity contribution is -0.0908. The third kappa shape index (κ3) is 6.03. The molecule has 0 spiro atoms. The highest BCUT2D eigenvalue weighted by Gasteiger charge is 2.41. The number of ether oxygens (including phenoxy) is 2. The van der Waals surface area contributed by atoms with E-state index in [0.29, 0.717) is 43.2 Å². The van der Waals surface area contributed by atoms with Crippen molar-refractivity contribution in [2.75, 3.05) is 44.6 Å². The van der Waals surface area contributed by atoms with Crippen molar-refractivity contribution in [2.24, 2.45) is 5.73 Å². The molecule has 1 saturated heterocycles. The van der Waals surface area contributed by atoms with Crippen molar-refractivity contribution in [1.82, 2.24) is 10.6 Å². The molecule has 0 amide bonds. The fourth-order valence-electron chi connectivity index (χ4n) is 4.28. The monoisotopic (exact) mass is 538 g/mol. The van der Waals surface area contributed by atoms with Crippen LogP contribution in [0.3, 0.4) is 0 Å². The van der Waals surface area contributed by atoms with E-state index in [0.717, 1.165) is 18.1 Å². The van der Waals surface area contributed by atoms with Gasteiger partial charge >= 0.3 is 6.18 Å². The zero-order valence-corrected chi connectivity index (χ0v) is 21.2. The summed E-state index contributed by atoms with van der Waals surface area (Å²) in [6.07, 6.45) is -1.49. The molecule has 37 heavy (non-hydrogen) atoms. The first-order valence-electron chi connectivity index (χ1n) is 11.5. The van der Waals surface area contributed by atoms with E-state index in [1.54, 1.807) is 24.3 Å². The molecule has 0 radical (unpaired) electrons. The highest BCUT2D eigenvalue weighted by Crippen LogP contribution is 2.38. The second-order valence-electron chi connectivity index (χ2n) is 8.88. The summed E-state index contributed by atoms with van der Waals surface area (Å²) < 4.78 is 76.2. The average Bonchev–Trinajstić information content (AvgIpc) is 2.86. The first-order chi connectivity index (χ1) is 17.4. The number of anilines is 1. The fourth-order valence-corrected chi connectivity index (χ4v) is 4.97. The lowest BCUT2D eigenvalue weighted by Gasteiger charge is -2.35. The number of halogens is 3. The number of nitrogens with one attached hydrogen (secondary N) is 2. The Balaban J connectivity index is 1.66. The molecule has 2 aromatic carbocycles. The van der Waals surface area contributed by atoms with Gasteiger partial charge in [-0.15, -0.1) is 0 Å². The van der Waals surface area contributed by atoms with Crippen molar-refractivity contribution in [2.45, 2.75) is 23.3 Å². The number of nitrogens with zero attached hydrogens (tertiary/aromatic N) is 1. The van der Waals surface area contributed by atoms with Crippen LogP contribution in [-0.2, 0) is 26.8 Å². The molecule has 4 rings (SSSR count). The zero-order valence-electron chi connectivity index (χ0n) is 20.4.